The van der Waals surface area contributed by atoms with E-state index in [-0.39, 0.29) is 0 Å². The molecule has 0 heterocycles. The number of hydrogen-bond acceptors (Lipinski definition) is 0. The lowest BCUT2D eigenvalue weighted by molar-refractivity contribution is 0.381. The van der Waals surface area contributed by atoms with E-state index in [1.165, 1.54) is 40.8 Å². The van der Waals surface area contributed by atoms with Crippen molar-refractivity contribution in [2.45, 2.75) is 45.3 Å². The predicted molar refractivity (Wildman–Crippen MR) is 51.2 cm³/mol. The van der Waals surface area contributed by atoms with Crippen LogP contribution in [-0.2, 0) is 0 Å². The zero-order valence-electron chi connectivity index (χ0n) is 7.98. The van der Waals surface area contributed by atoms with Gasteiger partial charge >= 0.3 is 0 Å². The van der Waals surface area contributed by atoms with Crippen molar-refractivity contribution in [3.8, 4) is 0 Å². The second-order valence-corrected chi connectivity index (χ2v) is 4.32. The maximum atomic E-state index is 2.40. The van der Waals surface area contributed by atoms with Crippen LogP contribution in [0.2, 0.25) is 5.28 Å². The van der Waals surface area contributed by atoms with Gasteiger partial charge in [0, 0.05) is 0 Å². The fraction of sp³-hybridized carbons (Fsp3) is 1.00. The van der Waals surface area contributed by atoms with Crippen LogP contribution < -0.4 is 0 Å². The van der Waals surface area contributed by atoms with E-state index < -0.39 is 0 Å². The van der Waals surface area contributed by atoms with Gasteiger partial charge in [-0.2, -0.15) is 0 Å². The molecule has 0 bridgehead atoms. The summed E-state index contributed by atoms with van der Waals surface area (Å²) in [5.74, 6) is 1.95. The fourth-order valence-electron chi connectivity index (χ4n) is 1.21. The largest absolute Gasteiger partial charge is 0.212 e. The van der Waals surface area contributed by atoms with E-state index in [0.717, 1.165) is 11.8 Å². The molecule has 0 aromatic rings. The standard InChI is InChI=1S/C9H19.Al.2H/c1-5-6-7-9(4)8(2)3;;;/h8-9H,2,5-7H2,1,3-4H3;;;. The Morgan fingerprint density at radius 2 is 1.80 bits per heavy atom. The molecule has 2 atom stereocenters. The molecule has 0 aromatic carbocycles. The third-order valence-electron chi connectivity index (χ3n) is 2.63. The minimum absolute atomic E-state index is 0.970. The molecule has 0 amide bonds. The average molecular weight is 156 g/mol. The zero-order chi connectivity index (χ0) is 7.98. The van der Waals surface area contributed by atoms with E-state index in [1.807, 2.05) is 0 Å². The van der Waals surface area contributed by atoms with Gasteiger partial charge in [-0.1, -0.05) is 51.2 Å². The van der Waals surface area contributed by atoms with Gasteiger partial charge < -0.3 is 0 Å². The first-order valence-electron chi connectivity index (χ1n) is 4.72. The molecule has 0 saturated heterocycles. The van der Waals surface area contributed by atoms with Crippen molar-refractivity contribution in [3.63, 3.8) is 0 Å². The summed E-state index contributed by atoms with van der Waals surface area (Å²) in [6.07, 6.45) is 4.23. The monoisotopic (exact) mass is 156 g/mol. The minimum Gasteiger partial charge on any atom is -0.0985 e. The molecule has 0 rings (SSSR count). The van der Waals surface area contributed by atoms with Gasteiger partial charge in [-0.05, 0) is 5.92 Å². The molecule has 0 N–H and O–H groups in total. The van der Waals surface area contributed by atoms with Crippen molar-refractivity contribution in [1.29, 1.82) is 0 Å². The molecule has 2 unspecified atom stereocenters. The summed E-state index contributed by atoms with van der Waals surface area (Å²) in [6.45, 7) is 7.07. The maximum absolute atomic E-state index is 2.40. The summed E-state index contributed by atoms with van der Waals surface area (Å²) in [6, 6.07) is 0. The van der Waals surface area contributed by atoms with E-state index in [1.54, 1.807) is 0 Å². The summed E-state index contributed by atoms with van der Waals surface area (Å²) in [5.41, 5.74) is 0. The van der Waals surface area contributed by atoms with Gasteiger partial charge in [-0.15, -0.1) is 0 Å². The van der Waals surface area contributed by atoms with E-state index in [4.69, 9.17) is 0 Å². The molecule has 0 radical (unpaired) electrons. The molecule has 1 heteroatoms. The lowest BCUT2D eigenvalue weighted by atomic mass is 9.92. The van der Waals surface area contributed by atoms with Crippen LogP contribution >= 0.6 is 0 Å². The Hall–Kier alpha value is 0.532. The molecule has 0 saturated carbocycles. The Balaban J connectivity index is 3.31. The van der Waals surface area contributed by atoms with E-state index in [2.05, 4.69) is 20.8 Å². The van der Waals surface area contributed by atoms with E-state index in [9.17, 15) is 0 Å². The van der Waals surface area contributed by atoms with Gasteiger partial charge in [-0.3, -0.25) is 0 Å². The van der Waals surface area contributed by atoms with Crippen molar-refractivity contribution >= 4 is 16.3 Å². The summed E-state index contributed by atoms with van der Waals surface area (Å²) >= 11 is 1.38. The highest BCUT2D eigenvalue weighted by Gasteiger charge is 2.07. The van der Waals surface area contributed by atoms with Crippen molar-refractivity contribution in [2.75, 3.05) is 0 Å². The van der Waals surface area contributed by atoms with Gasteiger partial charge in [0.15, 0.2) is 0 Å². The first-order chi connectivity index (χ1) is 4.72. The topological polar surface area (TPSA) is 0 Å². The Kier molecular flexibility index (Phi) is 6.59. The second-order valence-electron chi connectivity index (χ2n) is 3.51. The Labute approximate surface area is 73.8 Å². The molecule has 0 aliphatic rings. The highest BCUT2D eigenvalue weighted by Crippen LogP contribution is 2.19. The number of hydrogen-bond donors (Lipinski definition) is 0. The van der Waals surface area contributed by atoms with Gasteiger partial charge in [-0.25, -0.2) is 0 Å². The molecule has 10 heavy (non-hydrogen) atoms. The van der Waals surface area contributed by atoms with Crippen LogP contribution in [0.4, 0.5) is 0 Å². The van der Waals surface area contributed by atoms with Crippen LogP contribution in [0.5, 0.6) is 0 Å². The average Bonchev–Trinajstić information content (AvgIpc) is 1.98. The Morgan fingerprint density at radius 3 is 2.20 bits per heavy atom. The van der Waals surface area contributed by atoms with Crippen LogP contribution in [0.15, 0.2) is 0 Å². The van der Waals surface area contributed by atoms with Crippen LogP contribution in [-0.4, -0.2) is 16.3 Å². The number of rotatable bonds is 5. The molecule has 0 aliphatic heterocycles. The van der Waals surface area contributed by atoms with E-state index in [0.29, 0.717) is 0 Å². The highest BCUT2D eigenvalue weighted by atomic mass is 27.0. The van der Waals surface area contributed by atoms with Crippen LogP contribution in [0.25, 0.3) is 0 Å². The molecule has 0 aliphatic carbocycles. The molecular formula is C9H21Al. The van der Waals surface area contributed by atoms with Gasteiger partial charge in [0.1, 0.15) is 0 Å². The van der Waals surface area contributed by atoms with Gasteiger partial charge in [0.05, 0.1) is 0 Å². The van der Waals surface area contributed by atoms with Crippen molar-refractivity contribution in [3.05, 3.63) is 0 Å². The summed E-state index contributed by atoms with van der Waals surface area (Å²) < 4.78 is 0. The van der Waals surface area contributed by atoms with Crippen molar-refractivity contribution in [1.82, 2.24) is 0 Å². The lowest BCUT2D eigenvalue weighted by Crippen LogP contribution is -2.06. The van der Waals surface area contributed by atoms with Gasteiger partial charge in [0.2, 0.25) is 16.3 Å². The van der Waals surface area contributed by atoms with E-state index >= 15 is 0 Å². The fourth-order valence-corrected chi connectivity index (χ4v) is 2.02. The Morgan fingerprint density at radius 1 is 1.20 bits per heavy atom. The first-order valence-corrected chi connectivity index (χ1v) is 6.13. The second kappa shape index (κ2) is 6.26. The highest BCUT2D eigenvalue weighted by molar-refractivity contribution is 6.08. The van der Waals surface area contributed by atoms with Crippen molar-refractivity contribution < 1.29 is 0 Å². The van der Waals surface area contributed by atoms with Gasteiger partial charge in [0.25, 0.3) is 0 Å². The molecule has 0 spiro atoms. The normalized spacial score (nSPS) is 16.7. The zero-order valence-corrected chi connectivity index (χ0v) is 9.98. The summed E-state index contributed by atoms with van der Waals surface area (Å²) in [7, 11) is 0. The first kappa shape index (κ1) is 10.5. The smallest absolute Gasteiger partial charge is 0.0985 e. The van der Waals surface area contributed by atoms with Crippen molar-refractivity contribution in [2.24, 2.45) is 11.8 Å². The molecule has 60 valence electrons. The minimum atomic E-state index is 0.970. The lowest BCUT2D eigenvalue weighted by Gasteiger charge is -2.17. The van der Waals surface area contributed by atoms with Crippen LogP contribution in [0.3, 0.4) is 0 Å². The number of unbranched alkanes of at least 4 members (excludes halogenated alkanes) is 1. The van der Waals surface area contributed by atoms with Crippen LogP contribution in [0, 0.1) is 11.8 Å². The summed E-state index contributed by atoms with van der Waals surface area (Å²) in [5, 5.41) is 1.48. The third kappa shape index (κ3) is 4.36. The maximum Gasteiger partial charge on any atom is 0.212 e. The van der Waals surface area contributed by atoms with Crippen LogP contribution in [0.1, 0.15) is 40.0 Å². The quantitative estimate of drug-likeness (QED) is 0.536. The molecule has 0 nitrogen and oxygen atoms in total. The Bertz CT molecular complexity index is 71.1. The summed E-state index contributed by atoms with van der Waals surface area (Å²) in [4.78, 5) is 0. The molecule has 0 aromatic heterocycles. The third-order valence-corrected chi connectivity index (χ3v) is 3.92. The SMILES string of the molecule is CCCCC(C)C(C)[CH2][AlH2]. The molecule has 0 fully saturated rings. The molecular weight excluding hydrogens is 135 g/mol. The predicted octanol–water partition coefficient (Wildman–Crippen LogP) is 2.50.